The Bertz CT molecular complexity index is 1200. The zero-order chi connectivity index (χ0) is 23.8. The van der Waals surface area contributed by atoms with Crippen LogP contribution >= 0.6 is 12.2 Å². The number of nitrogens with one attached hydrogen (secondary N) is 1. The van der Waals surface area contributed by atoms with Crippen molar-refractivity contribution in [2.24, 2.45) is 0 Å². The van der Waals surface area contributed by atoms with Crippen LogP contribution in [0.1, 0.15) is 57.9 Å². The van der Waals surface area contributed by atoms with Gasteiger partial charge in [0.05, 0.1) is 29.4 Å². The second-order valence-electron chi connectivity index (χ2n) is 8.93. The van der Waals surface area contributed by atoms with E-state index in [1.807, 2.05) is 36.5 Å². The number of carbonyl (C=O) groups is 1. The van der Waals surface area contributed by atoms with E-state index in [9.17, 15) is 9.90 Å². The molecule has 3 aromatic rings. The van der Waals surface area contributed by atoms with Crippen LogP contribution in [0.5, 0.6) is 0 Å². The molecule has 2 N–H and O–H groups in total. The monoisotopic (exact) mass is 476 g/mol. The minimum atomic E-state index is -0.929. The highest BCUT2D eigenvalue weighted by atomic mass is 32.1. The van der Waals surface area contributed by atoms with E-state index in [0.29, 0.717) is 5.11 Å². The van der Waals surface area contributed by atoms with Gasteiger partial charge in [0.2, 0.25) is 0 Å². The molecule has 7 nitrogen and oxygen atoms in total. The van der Waals surface area contributed by atoms with Crippen molar-refractivity contribution in [1.29, 1.82) is 0 Å². The average Bonchev–Trinajstić information content (AvgIpc) is 3.54. The van der Waals surface area contributed by atoms with E-state index < -0.39 is 5.97 Å². The van der Waals surface area contributed by atoms with Crippen molar-refractivity contribution < 1.29 is 14.6 Å². The Morgan fingerprint density at radius 2 is 2.03 bits per heavy atom. The van der Waals surface area contributed by atoms with Gasteiger partial charge in [-0.15, -0.1) is 0 Å². The first-order chi connectivity index (χ1) is 16.4. The van der Waals surface area contributed by atoms with Crippen LogP contribution < -0.4 is 5.32 Å². The lowest BCUT2D eigenvalue weighted by atomic mass is 9.96. The molecule has 0 amide bonds. The third-order valence-electron chi connectivity index (χ3n) is 6.78. The van der Waals surface area contributed by atoms with Crippen molar-refractivity contribution in [3.63, 3.8) is 0 Å². The largest absolute Gasteiger partial charge is 0.478 e. The molecule has 2 aliphatic rings. The second kappa shape index (κ2) is 9.19. The lowest BCUT2D eigenvalue weighted by Gasteiger charge is -2.30. The molecule has 0 radical (unpaired) electrons. The Hall–Kier alpha value is -3.23. The fraction of sp³-hybridized carbons (Fsp3) is 0.346. The Morgan fingerprint density at radius 3 is 2.68 bits per heavy atom. The molecular weight excluding hydrogens is 448 g/mol. The molecule has 0 aliphatic carbocycles. The standard InChI is InChI=1S/C26H28N4O3S/c1-16-14-21(17(2)30(16)19-10-8-18(9-11-19)25(31)32)24-23(22-7-3-4-12-27-22)28-26(34)29(24)15-20-6-5-13-33-20/h3-4,7-12,14,20,23-24H,5-6,13,15H2,1-2H3,(H,28,34)(H,31,32)/t20-,23+,24-/m0/s1. The van der Waals surface area contributed by atoms with Crippen LogP contribution in [-0.4, -0.2) is 49.9 Å². The fourth-order valence-electron chi connectivity index (χ4n) is 5.19. The number of aryl methyl sites for hydroxylation is 1. The molecule has 2 saturated heterocycles. The summed E-state index contributed by atoms with van der Waals surface area (Å²) in [4.78, 5) is 18.2. The molecule has 176 valence electrons. The summed E-state index contributed by atoms with van der Waals surface area (Å²) in [5.41, 5.74) is 5.48. The summed E-state index contributed by atoms with van der Waals surface area (Å²) >= 11 is 5.81. The summed E-state index contributed by atoms with van der Waals surface area (Å²) in [5, 5.41) is 13.5. The number of nitrogens with zero attached hydrogens (tertiary/aromatic N) is 3. The number of benzene rings is 1. The number of aromatic carboxylic acids is 1. The summed E-state index contributed by atoms with van der Waals surface area (Å²) in [6.07, 6.45) is 4.09. The third kappa shape index (κ3) is 4.08. The molecule has 5 rings (SSSR count). The second-order valence-corrected chi connectivity index (χ2v) is 9.31. The van der Waals surface area contributed by atoms with Crippen LogP contribution in [0.2, 0.25) is 0 Å². The van der Waals surface area contributed by atoms with Crippen LogP contribution in [0.3, 0.4) is 0 Å². The summed E-state index contributed by atoms with van der Waals surface area (Å²) in [6, 6.07) is 15.0. The van der Waals surface area contributed by atoms with Crippen molar-refractivity contribution in [2.45, 2.75) is 44.9 Å². The molecule has 8 heteroatoms. The molecule has 0 saturated carbocycles. The number of ether oxygens (including phenoxy) is 1. The van der Waals surface area contributed by atoms with Gasteiger partial charge in [0.25, 0.3) is 0 Å². The van der Waals surface area contributed by atoms with E-state index in [1.165, 1.54) is 5.56 Å². The van der Waals surface area contributed by atoms with E-state index in [-0.39, 0.29) is 23.8 Å². The third-order valence-corrected chi connectivity index (χ3v) is 7.14. The fourth-order valence-corrected chi connectivity index (χ4v) is 5.50. The maximum Gasteiger partial charge on any atom is 0.335 e. The molecule has 0 bridgehead atoms. The molecule has 2 aliphatic heterocycles. The van der Waals surface area contributed by atoms with Crippen molar-refractivity contribution in [1.82, 2.24) is 19.8 Å². The van der Waals surface area contributed by atoms with Gasteiger partial charge in [0.15, 0.2) is 5.11 Å². The first-order valence-electron chi connectivity index (χ1n) is 11.6. The van der Waals surface area contributed by atoms with Gasteiger partial charge in [-0.2, -0.15) is 0 Å². The van der Waals surface area contributed by atoms with Crippen molar-refractivity contribution in [2.75, 3.05) is 13.2 Å². The summed E-state index contributed by atoms with van der Waals surface area (Å²) in [5.74, 6) is -0.929. The topological polar surface area (TPSA) is 79.6 Å². The minimum Gasteiger partial charge on any atom is -0.478 e. The van der Waals surface area contributed by atoms with E-state index >= 15 is 0 Å². The van der Waals surface area contributed by atoms with Crippen LogP contribution in [0.15, 0.2) is 54.7 Å². The minimum absolute atomic E-state index is 0.0372. The van der Waals surface area contributed by atoms with E-state index in [2.05, 4.69) is 39.7 Å². The number of aromatic nitrogens is 2. The highest BCUT2D eigenvalue weighted by molar-refractivity contribution is 7.80. The zero-order valence-electron chi connectivity index (χ0n) is 19.3. The molecular formula is C26H28N4O3S. The first-order valence-corrected chi connectivity index (χ1v) is 12.0. The molecule has 1 aromatic carbocycles. The molecule has 34 heavy (non-hydrogen) atoms. The normalized spacial score (nSPS) is 22.2. The number of carboxylic acid groups (broad SMARTS) is 1. The summed E-state index contributed by atoms with van der Waals surface area (Å²) in [7, 11) is 0. The van der Waals surface area contributed by atoms with Gasteiger partial charge in [-0.1, -0.05) is 6.07 Å². The SMILES string of the molecule is Cc1cc([C@H]2[C@@H](c3ccccn3)NC(=S)N2C[C@@H]2CCCO2)c(C)n1-c1ccc(C(=O)O)cc1. The Labute approximate surface area is 204 Å². The van der Waals surface area contributed by atoms with Gasteiger partial charge < -0.3 is 24.6 Å². The van der Waals surface area contributed by atoms with Gasteiger partial charge in [-0.25, -0.2) is 4.79 Å². The maximum atomic E-state index is 11.3. The number of thiocarbonyl (C=S) groups is 1. The van der Waals surface area contributed by atoms with Gasteiger partial charge in [-0.05, 0) is 86.9 Å². The molecule has 0 unspecified atom stereocenters. The smallest absolute Gasteiger partial charge is 0.335 e. The first kappa shape index (κ1) is 22.6. The predicted octanol–water partition coefficient (Wildman–Crippen LogP) is 4.34. The molecule has 0 spiro atoms. The Kier molecular flexibility index (Phi) is 6.10. The average molecular weight is 477 g/mol. The van der Waals surface area contributed by atoms with E-state index in [0.717, 1.165) is 48.8 Å². The number of rotatable bonds is 6. The number of pyridine rings is 1. The Balaban J connectivity index is 1.57. The van der Waals surface area contributed by atoms with Crippen molar-refractivity contribution >= 4 is 23.3 Å². The maximum absolute atomic E-state index is 11.3. The van der Waals surface area contributed by atoms with E-state index in [1.54, 1.807) is 12.1 Å². The van der Waals surface area contributed by atoms with Crippen LogP contribution in [0.4, 0.5) is 0 Å². The molecule has 3 atom stereocenters. The molecule has 2 fully saturated rings. The van der Waals surface area contributed by atoms with Gasteiger partial charge >= 0.3 is 5.97 Å². The van der Waals surface area contributed by atoms with Crippen molar-refractivity contribution in [3.05, 3.63) is 82.9 Å². The molecule has 4 heterocycles. The number of hydrogen-bond donors (Lipinski definition) is 2. The molecule has 2 aromatic heterocycles. The lowest BCUT2D eigenvalue weighted by molar-refractivity contribution is 0.0697. The predicted molar refractivity (Wildman–Crippen MR) is 133 cm³/mol. The van der Waals surface area contributed by atoms with Gasteiger partial charge in [0.1, 0.15) is 0 Å². The van der Waals surface area contributed by atoms with Gasteiger partial charge in [0, 0.05) is 36.4 Å². The quantitative estimate of drug-likeness (QED) is 0.513. The lowest BCUT2D eigenvalue weighted by Crippen LogP contribution is -2.36. The van der Waals surface area contributed by atoms with Crippen molar-refractivity contribution in [3.8, 4) is 5.69 Å². The zero-order valence-corrected chi connectivity index (χ0v) is 20.1. The van der Waals surface area contributed by atoms with E-state index in [4.69, 9.17) is 17.0 Å². The van der Waals surface area contributed by atoms with Crippen LogP contribution in [-0.2, 0) is 4.74 Å². The summed E-state index contributed by atoms with van der Waals surface area (Å²) in [6.45, 7) is 5.71. The summed E-state index contributed by atoms with van der Waals surface area (Å²) < 4.78 is 8.12. The van der Waals surface area contributed by atoms with Crippen LogP contribution in [0.25, 0.3) is 5.69 Å². The highest BCUT2D eigenvalue weighted by Gasteiger charge is 2.42. The van der Waals surface area contributed by atoms with Crippen LogP contribution in [0, 0.1) is 13.8 Å². The Morgan fingerprint density at radius 1 is 1.24 bits per heavy atom. The van der Waals surface area contributed by atoms with Gasteiger partial charge in [-0.3, -0.25) is 4.98 Å². The number of carboxylic acids is 1. The number of hydrogen-bond acceptors (Lipinski definition) is 4. The highest BCUT2D eigenvalue weighted by Crippen LogP contribution is 2.42.